The Kier molecular flexibility index (Phi) is 6.59. The van der Waals surface area contributed by atoms with Crippen molar-refractivity contribution in [3.05, 3.63) is 66.8 Å². The van der Waals surface area contributed by atoms with Gasteiger partial charge in [0.2, 0.25) is 5.91 Å². The van der Waals surface area contributed by atoms with E-state index < -0.39 is 10.8 Å². The number of nitrogens with one attached hydrogen (secondary N) is 1. The van der Waals surface area contributed by atoms with Crippen molar-refractivity contribution in [2.75, 3.05) is 11.1 Å². The van der Waals surface area contributed by atoms with Crippen molar-refractivity contribution in [1.29, 1.82) is 0 Å². The van der Waals surface area contributed by atoms with Crippen molar-refractivity contribution in [1.82, 2.24) is 9.55 Å². The number of halogens is 1. The first-order valence-electron chi connectivity index (χ1n) is 8.71. The SMILES string of the molecule is C=CCn1c(SCC(=O)Nc2cc([N+](=O)[O-])ccc2Cl)nc2sc(C)c(C)c2c1=O. The molecule has 11 heteroatoms. The summed E-state index contributed by atoms with van der Waals surface area (Å²) in [5.41, 5.74) is 0.692. The normalized spacial score (nSPS) is 10.9. The maximum absolute atomic E-state index is 12.9. The van der Waals surface area contributed by atoms with Crippen LogP contribution in [-0.4, -0.2) is 26.1 Å². The third-order valence-corrected chi connectivity index (χ3v) is 6.74. The van der Waals surface area contributed by atoms with Gasteiger partial charge in [-0.1, -0.05) is 29.4 Å². The number of carbonyl (C=O) groups is 1. The van der Waals surface area contributed by atoms with Gasteiger partial charge in [0.15, 0.2) is 5.16 Å². The fourth-order valence-corrected chi connectivity index (χ4v) is 4.79. The molecule has 2 heterocycles. The molecule has 0 fully saturated rings. The highest BCUT2D eigenvalue weighted by Crippen LogP contribution is 2.29. The number of thioether (sulfide) groups is 1. The van der Waals surface area contributed by atoms with E-state index in [0.29, 0.717) is 15.4 Å². The number of rotatable bonds is 7. The van der Waals surface area contributed by atoms with Crippen LogP contribution in [0, 0.1) is 24.0 Å². The second kappa shape index (κ2) is 8.99. The maximum atomic E-state index is 12.9. The molecule has 1 N–H and O–H groups in total. The van der Waals surface area contributed by atoms with E-state index in [4.69, 9.17) is 11.6 Å². The van der Waals surface area contributed by atoms with Crippen LogP contribution >= 0.6 is 34.7 Å². The predicted molar refractivity (Wildman–Crippen MR) is 121 cm³/mol. The lowest BCUT2D eigenvalue weighted by Crippen LogP contribution is -2.23. The number of aryl methyl sites for hydroxylation is 2. The summed E-state index contributed by atoms with van der Waals surface area (Å²) in [6.45, 7) is 7.77. The molecule has 0 saturated heterocycles. The van der Waals surface area contributed by atoms with Crippen LogP contribution in [0.15, 0.2) is 40.8 Å². The number of thiophene rings is 1. The Morgan fingerprint density at radius 3 is 2.87 bits per heavy atom. The Morgan fingerprint density at radius 1 is 1.47 bits per heavy atom. The first-order chi connectivity index (χ1) is 14.2. The van der Waals surface area contributed by atoms with Gasteiger partial charge in [0.05, 0.1) is 26.8 Å². The summed E-state index contributed by atoms with van der Waals surface area (Å²) in [5, 5.41) is 14.6. The van der Waals surface area contributed by atoms with Crippen LogP contribution in [0.4, 0.5) is 11.4 Å². The number of nitro groups is 1. The summed E-state index contributed by atoms with van der Waals surface area (Å²) in [6.07, 6.45) is 1.59. The van der Waals surface area contributed by atoms with Gasteiger partial charge in [0, 0.05) is 23.6 Å². The van der Waals surface area contributed by atoms with Gasteiger partial charge in [-0.25, -0.2) is 4.98 Å². The lowest BCUT2D eigenvalue weighted by atomic mass is 10.2. The predicted octanol–water partition coefficient (Wildman–Crippen LogP) is 4.55. The second-order valence-corrected chi connectivity index (χ2v) is 8.87. The van der Waals surface area contributed by atoms with Gasteiger partial charge in [-0.05, 0) is 25.5 Å². The number of fused-ring (bicyclic) bond motifs is 1. The Morgan fingerprint density at radius 2 is 2.20 bits per heavy atom. The summed E-state index contributed by atoms with van der Waals surface area (Å²) >= 11 is 8.55. The number of anilines is 1. The molecule has 0 atom stereocenters. The van der Waals surface area contributed by atoms with Crippen LogP contribution in [0.1, 0.15) is 10.4 Å². The quantitative estimate of drug-likeness (QED) is 0.181. The van der Waals surface area contributed by atoms with E-state index >= 15 is 0 Å². The standard InChI is InChI=1S/C19H17ClN4O4S2/c1-4-7-23-18(26)16-10(2)11(3)30-17(16)22-19(23)29-9-15(25)21-14-8-12(24(27)28)5-6-13(14)20/h4-6,8H,1,7,9H2,2-3H3,(H,21,25). The van der Waals surface area contributed by atoms with Gasteiger partial charge in [0.25, 0.3) is 11.2 Å². The Balaban J connectivity index is 1.85. The number of amides is 1. The minimum atomic E-state index is -0.571. The fourth-order valence-electron chi connectivity index (χ4n) is 2.75. The van der Waals surface area contributed by atoms with Crippen molar-refractivity contribution in [2.45, 2.75) is 25.5 Å². The Bertz CT molecular complexity index is 1240. The fraction of sp³-hybridized carbons (Fsp3) is 0.211. The Labute approximate surface area is 184 Å². The van der Waals surface area contributed by atoms with E-state index in [1.54, 1.807) is 6.08 Å². The average Bonchev–Trinajstić information content (AvgIpc) is 2.98. The van der Waals surface area contributed by atoms with Crippen molar-refractivity contribution in [2.24, 2.45) is 0 Å². The molecular formula is C19H17ClN4O4S2. The number of nitrogens with zero attached hydrogens (tertiary/aromatic N) is 3. The highest BCUT2D eigenvalue weighted by atomic mass is 35.5. The summed E-state index contributed by atoms with van der Waals surface area (Å²) in [7, 11) is 0. The molecule has 0 aliphatic rings. The second-order valence-electron chi connectivity index (χ2n) is 6.32. The van der Waals surface area contributed by atoms with E-state index in [-0.39, 0.29) is 34.3 Å². The zero-order valence-corrected chi connectivity index (χ0v) is 18.5. The molecule has 0 radical (unpaired) electrons. The molecule has 1 aromatic carbocycles. The van der Waals surface area contributed by atoms with Gasteiger partial charge in [-0.3, -0.25) is 24.3 Å². The van der Waals surface area contributed by atoms with Crippen LogP contribution in [0.3, 0.4) is 0 Å². The molecule has 0 spiro atoms. The Hall–Kier alpha value is -2.69. The van der Waals surface area contributed by atoms with Gasteiger partial charge >= 0.3 is 0 Å². The minimum Gasteiger partial charge on any atom is -0.324 e. The molecule has 8 nitrogen and oxygen atoms in total. The van der Waals surface area contributed by atoms with Crippen molar-refractivity contribution >= 4 is 62.2 Å². The molecule has 2 aromatic heterocycles. The van der Waals surface area contributed by atoms with E-state index in [9.17, 15) is 19.7 Å². The number of hydrogen-bond acceptors (Lipinski definition) is 7. The van der Waals surface area contributed by atoms with Crippen LogP contribution in [0.2, 0.25) is 5.02 Å². The zero-order chi connectivity index (χ0) is 22.0. The number of carbonyl (C=O) groups excluding carboxylic acids is 1. The van der Waals surface area contributed by atoms with E-state index in [2.05, 4.69) is 16.9 Å². The van der Waals surface area contributed by atoms with Crippen LogP contribution in [-0.2, 0) is 11.3 Å². The molecule has 156 valence electrons. The number of nitro benzene ring substituents is 1. The molecule has 30 heavy (non-hydrogen) atoms. The molecular weight excluding hydrogens is 448 g/mol. The lowest BCUT2D eigenvalue weighted by Gasteiger charge is -2.11. The molecule has 1 amide bonds. The summed E-state index contributed by atoms with van der Waals surface area (Å²) < 4.78 is 1.48. The number of non-ortho nitro benzene ring substituents is 1. The minimum absolute atomic E-state index is 0.0581. The van der Waals surface area contributed by atoms with E-state index in [0.717, 1.165) is 22.2 Å². The molecule has 0 unspecified atom stereocenters. The van der Waals surface area contributed by atoms with Gasteiger partial charge in [-0.15, -0.1) is 17.9 Å². The number of aromatic nitrogens is 2. The van der Waals surface area contributed by atoms with Crippen molar-refractivity contribution in [3.63, 3.8) is 0 Å². The van der Waals surface area contributed by atoms with Gasteiger partial charge < -0.3 is 5.32 Å². The number of allylic oxidation sites excluding steroid dienone is 1. The van der Waals surface area contributed by atoms with E-state index in [1.165, 1.54) is 34.1 Å². The molecule has 3 aromatic rings. The topological polar surface area (TPSA) is 107 Å². The number of benzene rings is 1. The third-order valence-electron chi connectivity index (χ3n) is 4.33. The third kappa shape index (κ3) is 4.40. The van der Waals surface area contributed by atoms with Crippen molar-refractivity contribution < 1.29 is 9.72 Å². The van der Waals surface area contributed by atoms with Crippen molar-refractivity contribution in [3.8, 4) is 0 Å². The molecule has 0 bridgehead atoms. The maximum Gasteiger partial charge on any atom is 0.271 e. The summed E-state index contributed by atoms with van der Waals surface area (Å²) in [4.78, 5) is 41.9. The van der Waals surface area contributed by atoms with E-state index in [1.807, 2.05) is 13.8 Å². The smallest absolute Gasteiger partial charge is 0.271 e. The monoisotopic (exact) mass is 464 g/mol. The first kappa shape index (κ1) is 22.0. The average molecular weight is 465 g/mol. The van der Waals surface area contributed by atoms with Crippen LogP contribution in [0.5, 0.6) is 0 Å². The number of hydrogen-bond donors (Lipinski definition) is 1. The molecule has 0 aliphatic carbocycles. The molecule has 0 aliphatic heterocycles. The molecule has 0 saturated carbocycles. The van der Waals surface area contributed by atoms with Gasteiger partial charge in [-0.2, -0.15) is 0 Å². The largest absolute Gasteiger partial charge is 0.324 e. The summed E-state index contributed by atoms with van der Waals surface area (Å²) in [5.74, 6) is -0.488. The van der Waals surface area contributed by atoms with Gasteiger partial charge in [0.1, 0.15) is 4.83 Å². The van der Waals surface area contributed by atoms with Crippen LogP contribution < -0.4 is 10.9 Å². The lowest BCUT2D eigenvalue weighted by molar-refractivity contribution is -0.384. The van der Waals surface area contributed by atoms with Crippen LogP contribution in [0.25, 0.3) is 10.2 Å². The zero-order valence-electron chi connectivity index (χ0n) is 16.1. The summed E-state index contributed by atoms with van der Waals surface area (Å²) in [6, 6.07) is 3.80. The highest BCUT2D eigenvalue weighted by Gasteiger charge is 2.18. The first-order valence-corrected chi connectivity index (χ1v) is 10.9. The molecule has 3 rings (SSSR count). The highest BCUT2D eigenvalue weighted by molar-refractivity contribution is 7.99.